The number of hydrogen-bond donors (Lipinski definition) is 3. The number of nitrogens with two attached hydrogens (primary N) is 1. The summed E-state index contributed by atoms with van der Waals surface area (Å²) in [6.07, 6.45) is -0.856. The average molecular weight is 281 g/mol. The monoisotopic (exact) mass is 280 g/mol. The first-order valence-electron chi connectivity index (χ1n) is 5.15. The highest BCUT2D eigenvalue weighted by Gasteiger charge is 2.10. The van der Waals surface area contributed by atoms with Crippen molar-refractivity contribution < 1.29 is 9.53 Å². The summed E-state index contributed by atoms with van der Waals surface area (Å²) in [6.45, 7) is 0. The highest BCUT2D eigenvalue weighted by atomic mass is 35.5. The standard InChI is InChI=1S/C11H9ClN4O3/c12-9-5-8(10(17)16-15-9)19-11(18)14-7-4-2-1-3-6(7)13/h1-5H,13H2,(H,14,18)(H,16,17). The first-order chi connectivity index (χ1) is 9.06. The third-order valence-corrected chi connectivity index (χ3v) is 2.33. The van der Waals surface area contributed by atoms with E-state index in [1.807, 2.05) is 0 Å². The van der Waals surface area contributed by atoms with Crippen molar-refractivity contribution in [1.29, 1.82) is 0 Å². The summed E-state index contributed by atoms with van der Waals surface area (Å²) < 4.78 is 4.81. The number of carbonyl (C=O) groups is 1. The molecule has 1 aromatic carbocycles. The lowest BCUT2D eigenvalue weighted by Crippen LogP contribution is -2.22. The zero-order chi connectivity index (χ0) is 13.8. The Balaban J connectivity index is 2.12. The number of H-pyrrole nitrogens is 1. The lowest BCUT2D eigenvalue weighted by molar-refractivity contribution is 0.214. The molecule has 0 aliphatic carbocycles. The minimum atomic E-state index is -0.856. The molecule has 1 aromatic heterocycles. The zero-order valence-electron chi connectivity index (χ0n) is 9.51. The van der Waals surface area contributed by atoms with E-state index in [0.29, 0.717) is 11.4 Å². The Labute approximate surface area is 112 Å². The second-order valence-corrected chi connectivity index (χ2v) is 3.87. The summed E-state index contributed by atoms with van der Waals surface area (Å²) >= 11 is 5.57. The second kappa shape index (κ2) is 5.40. The fourth-order valence-electron chi connectivity index (χ4n) is 1.29. The van der Waals surface area contributed by atoms with E-state index in [0.717, 1.165) is 6.07 Å². The van der Waals surface area contributed by atoms with Gasteiger partial charge in [0.1, 0.15) is 0 Å². The Bertz CT molecular complexity index is 671. The van der Waals surface area contributed by atoms with Crippen molar-refractivity contribution in [2.75, 3.05) is 11.1 Å². The summed E-state index contributed by atoms with van der Waals surface area (Å²) in [5.74, 6) is -0.257. The normalized spacial score (nSPS) is 9.95. The molecule has 98 valence electrons. The second-order valence-electron chi connectivity index (χ2n) is 3.49. The van der Waals surface area contributed by atoms with E-state index < -0.39 is 11.7 Å². The Hall–Kier alpha value is -2.54. The third kappa shape index (κ3) is 3.23. The van der Waals surface area contributed by atoms with Crippen LogP contribution in [0.3, 0.4) is 0 Å². The summed E-state index contributed by atoms with van der Waals surface area (Å²) in [4.78, 5) is 22.9. The number of benzene rings is 1. The first-order valence-corrected chi connectivity index (χ1v) is 5.52. The van der Waals surface area contributed by atoms with Gasteiger partial charge in [-0.1, -0.05) is 23.7 Å². The van der Waals surface area contributed by atoms with Gasteiger partial charge in [0.25, 0.3) is 0 Å². The van der Waals surface area contributed by atoms with Gasteiger partial charge < -0.3 is 10.5 Å². The quantitative estimate of drug-likeness (QED) is 0.724. The molecule has 0 unspecified atom stereocenters. The smallest absolute Gasteiger partial charge is 0.404 e. The van der Waals surface area contributed by atoms with Gasteiger partial charge in [0, 0.05) is 6.07 Å². The van der Waals surface area contributed by atoms with Gasteiger partial charge in [-0.2, -0.15) is 5.10 Å². The number of nitrogens with one attached hydrogen (secondary N) is 2. The van der Waals surface area contributed by atoms with Crippen LogP contribution in [0.5, 0.6) is 5.75 Å². The molecular formula is C11H9ClN4O3. The van der Waals surface area contributed by atoms with Crippen molar-refractivity contribution in [3.8, 4) is 5.75 Å². The molecule has 2 rings (SSSR count). The SMILES string of the molecule is Nc1ccccc1NC(=O)Oc1cc(Cl)n[nH]c1=O. The number of anilines is 2. The van der Waals surface area contributed by atoms with Crippen molar-refractivity contribution in [3.63, 3.8) is 0 Å². The average Bonchev–Trinajstić information content (AvgIpc) is 2.37. The molecule has 0 fully saturated rings. The Kier molecular flexibility index (Phi) is 3.67. The number of carbonyl (C=O) groups excluding carboxylic acids is 1. The molecular weight excluding hydrogens is 272 g/mol. The number of aromatic amines is 1. The van der Waals surface area contributed by atoms with Crippen LogP contribution in [0.15, 0.2) is 35.1 Å². The molecule has 1 heterocycles. The number of nitrogen functional groups attached to an aromatic ring is 1. The van der Waals surface area contributed by atoms with E-state index in [-0.39, 0.29) is 10.9 Å². The fourth-order valence-corrected chi connectivity index (χ4v) is 1.43. The van der Waals surface area contributed by atoms with E-state index in [9.17, 15) is 9.59 Å². The largest absolute Gasteiger partial charge is 0.417 e. The molecule has 4 N–H and O–H groups in total. The highest BCUT2D eigenvalue weighted by molar-refractivity contribution is 6.29. The maximum absolute atomic E-state index is 11.6. The number of nitrogens with zero attached hydrogens (tertiary/aromatic N) is 1. The Morgan fingerprint density at radius 3 is 2.89 bits per heavy atom. The van der Waals surface area contributed by atoms with Crippen molar-refractivity contribution >= 4 is 29.1 Å². The number of para-hydroxylation sites is 2. The van der Waals surface area contributed by atoms with Crippen LogP contribution in [-0.2, 0) is 0 Å². The number of aromatic nitrogens is 2. The maximum Gasteiger partial charge on any atom is 0.417 e. The predicted octanol–water partition coefficient (Wildman–Crippen LogP) is 1.62. The molecule has 7 nitrogen and oxygen atoms in total. The van der Waals surface area contributed by atoms with E-state index in [1.165, 1.54) is 0 Å². The van der Waals surface area contributed by atoms with Crippen molar-refractivity contribution in [2.24, 2.45) is 0 Å². The number of amides is 1. The van der Waals surface area contributed by atoms with E-state index >= 15 is 0 Å². The van der Waals surface area contributed by atoms with Crippen LogP contribution < -0.4 is 21.3 Å². The van der Waals surface area contributed by atoms with Crippen molar-refractivity contribution in [1.82, 2.24) is 10.2 Å². The van der Waals surface area contributed by atoms with Gasteiger partial charge in [-0.3, -0.25) is 10.1 Å². The number of ether oxygens (including phenoxy) is 1. The molecule has 0 atom stereocenters. The molecule has 0 spiro atoms. The third-order valence-electron chi connectivity index (χ3n) is 2.14. The van der Waals surface area contributed by atoms with Crippen LogP contribution in [0.4, 0.5) is 16.2 Å². The molecule has 2 aromatic rings. The Morgan fingerprint density at radius 2 is 2.16 bits per heavy atom. The highest BCUT2D eigenvalue weighted by Crippen LogP contribution is 2.17. The van der Waals surface area contributed by atoms with Crippen LogP contribution in [0.1, 0.15) is 0 Å². The molecule has 0 bridgehead atoms. The van der Waals surface area contributed by atoms with E-state index in [2.05, 4.69) is 15.5 Å². The summed E-state index contributed by atoms with van der Waals surface area (Å²) in [7, 11) is 0. The van der Waals surface area contributed by atoms with Crippen LogP contribution in [0.2, 0.25) is 5.15 Å². The van der Waals surface area contributed by atoms with Gasteiger partial charge in [-0.25, -0.2) is 9.89 Å². The van der Waals surface area contributed by atoms with Gasteiger partial charge in [0.15, 0.2) is 5.15 Å². The maximum atomic E-state index is 11.6. The van der Waals surface area contributed by atoms with Crippen molar-refractivity contribution in [2.45, 2.75) is 0 Å². The van der Waals surface area contributed by atoms with E-state index in [1.54, 1.807) is 24.3 Å². The molecule has 0 radical (unpaired) electrons. The van der Waals surface area contributed by atoms with Crippen molar-refractivity contribution in [3.05, 3.63) is 45.8 Å². The van der Waals surface area contributed by atoms with Crippen LogP contribution in [0, 0.1) is 0 Å². The van der Waals surface area contributed by atoms with Gasteiger partial charge >= 0.3 is 11.7 Å². The minimum Gasteiger partial charge on any atom is -0.404 e. The lowest BCUT2D eigenvalue weighted by atomic mass is 10.3. The first kappa shape index (κ1) is 12.9. The predicted molar refractivity (Wildman–Crippen MR) is 70.4 cm³/mol. The molecule has 19 heavy (non-hydrogen) atoms. The Morgan fingerprint density at radius 1 is 1.42 bits per heavy atom. The molecule has 8 heteroatoms. The zero-order valence-corrected chi connectivity index (χ0v) is 10.3. The number of hydrogen-bond acceptors (Lipinski definition) is 5. The summed E-state index contributed by atoms with van der Waals surface area (Å²) in [5, 5.41) is 7.93. The number of rotatable bonds is 2. The van der Waals surface area contributed by atoms with Gasteiger partial charge in [0.2, 0.25) is 5.75 Å². The molecule has 0 aliphatic rings. The van der Waals surface area contributed by atoms with Crippen LogP contribution in [0.25, 0.3) is 0 Å². The molecule has 0 saturated heterocycles. The topological polar surface area (TPSA) is 110 Å². The van der Waals surface area contributed by atoms with Crippen LogP contribution in [-0.4, -0.2) is 16.3 Å². The molecule has 0 saturated carbocycles. The van der Waals surface area contributed by atoms with Gasteiger partial charge in [0.05, 0.1) is 11.4 Å². The van der Waals surface area contributed by atoms with Gasteiger partial charge in [-0.15, -0.1) is 0 Å². The van der Waals surface area contributed by atoms with Crippen LogP contribution >= 0.6 is 11.6 Å². The number of halogens is 1. The van der Waals surface area contributed by atoms with E-state index in [4.69, 9.17) is 22.1 Å². The minimum absolute atomic E-state index is 0.00150. The molecule has 1 amide bonds. The van der Waals surface area contributed by atoms with Gasteiger partial charge in [-0.05, 0) is 12.1 Å². The molecule has 0 aliphatic heterocycles. The lowest BCUT2D eigenvalue weighted by Gasteiger charge is -2.07. The summed E-state index contributed by atoms with van der Waals surface area (Å²) in [6, 6.07) is 7.77. The summed E-state index contributed by atoms with van der Waals surface area (Å²) in [5.41, 5.74) is 5.74. The fraction of sp³-hybridized carbons (Fsp3) is 0.